The largest absolute Gasteiger partial charge is 0.271 e. The summed E-state index contributed by atoms with van der Waals surface area (Å²) in [6, 6.07) is 15.9. The van der Waals surface area contributed by atoms with Crippen LogP contribution in [0.2, 0.25) is 0 Å². The van der Waals surface area contributed by atoms with Crippen LogP contribution < -0.4 is 5.43 Å². The van der Waals surface area contributed by atoms with E-state index in [2.05, 4.69) is 34.8 Å². The van der Waals surface area contributed by atoms with Crippen molar-refractivity contribution >= 4 is 17.3 Å². The van der Waals surface area contributed by atoms with Gasteiger partial charge in [-0.15, -0.1) is 0 Å². The Morgan fingerprint density at radius 1 is 1.04 bits per heavy atom. The Kier molecular flexibility index (Phi) is 5.18. The van der Waals surface area contributed by atoms with E-state index in [0.717, 1.165) is 31.4 Å². The van der Waals surface area contributed by atoms with Crippen molar-refractivity contribution in [3.63, 3.8) is 0 Å². The summed E-state index contributed by atoms with van der Waals surface area (Å²) in [4.78, 5) is 22.2. The number of hydrazone groups is 1. The molecule has 6 nitrogen and oxygen atoms in total. The van der Waals surface area contributed by atoms with Crippen molar-refractivity contribution in [2.24, 2.45) is 5.10 Å². The van der Waals surface area contributed by atoms with Crippen LogP contribution in [0, 0.1) is 10.1 Å². The second-order valence-electron chi connectivity index (χ2n) is 6.11. The predicted molar refractivity (Wildman–Crippen MR) is 95.6 cm³/mol. The molecule has 0 spiro atoms. The highest BCUT2D eigenvalue weighted by atomic mass is 16.6. The number of rotatable bonds is 4. The Balaban J connectivity index is 1.54. The molecule has 1 aliphatic carbocycles. The third-order valence-electron chi connectivity index (χ3n) is 4.49. The van der Waals surface area contributed by atoms with Crippen molar-refractivity contribution in [2.75, 3.05) is 0 Å². The standard InChI is InChI=1S/C19H19N3O3/c23-19(16-8-12-18(13-9-16)22(24)25)21-20-17-10-6-15(7-11-17)14-4-2-1-3-5-14/h1-5,8-9,12-13,15H,6-7,10-11H2,(H,21,23). The molecule has 2 aromatic rings. The third kappa shape index (κ3) is 4.29. The van der Waals surface area contributed by atoms with Gasteiger partial charge in [0, 0.05) is 23.4 Å². The molecule has 1 N–H and O–H groups in total. The molecule has 2 aromatic carbocycles. The number of hydrogen-bond donors (Lipinski definition) is 1. The average Bonchev–Trinajstić information content (AvgIpc) is 2.67. The summed E-state index contributed by atoms with van der Waals surface area (Å²) < 4.78 is 0. The van der Waals surface area contributed by atoms with Crippen LogP contribution in [0.5, 0.6) is 0 Å². The van der Waals surface area contributed by atoms with Gasteiger partial charge in [-0.2, -0.15) is 5.10 Å². The van der Waals surface area contributed by atoms with Gasteiger partial charge in [0.25, 0.3) is 11.6 Å². The van der Waals surface area contributed by atoms with Gasteiger partial charge in [0.15, 0.2) is 0 Å². The second kappa shape index (κ2) is 7.70. The van der Waals surface area contributed by atoms with Crippen LogP contribution in [0.15, 0.2) is 59.7 Å². The number of hydrogen-bond acceptors (Lipinski definition) is 4. The Morgan fingerprint density at radius 2 is 1.68 bits per heavy atom. The summed E-state index contributed by atoms with van der Waals surface area (Å²) in [5.41, 5.74) is 5.21. The Labute approximate surface area is 145 Å². The SMILES string of the molecule is O=C(NN=C1CCC(c2ccccc2)CC1)c1ccc([N+](=O)[O-])cc1. The summed E-state index contributed by atoms with van der Waals surface area (Å²) in [6.07, 6.45) is 3.77. The van der Waals surface area contributed by atoms with Gasteiger partial charge in [0.05, 0.1) is 4.92 Å². The molecule has 1 fully saturated rings. The second-order valence-corrected chi connectivity index (χ2v) is 6.11. The Morgan fingerprint density at radius 3 is 2.28 bits per heavy atom. The van der Waals surface area contributed by atoms with Gasteiger partial charge in [-0.3, -0.25) is 14.9 Å². The van der Waals surface area contributed by atoms with Crippen molar-refractivity contribution < 1.29 is 9.72 Å². The third-order valence-corrected chi connectivity index (χ3v) is 4.49. The molecule has 128 valence electrons. The van der Waals surface area contributed by atoms with E-state index >= 15 is 0 Å². The number of nitrogens with one attached hydrogen (secondary N) is 1. The summed E-state index contributed by atoms with van der Waals surface area (Å²) in [5.74, 6) is 0.193. The highest BCUT2D eigenvalue weighted by Gasteiger charge is 2.19. The van der Waals surface area contributed by atoms with Crippen LogP contribution in [0.4, 0.5) is 5.69 Å². The lowest BCUT2D eigenvalue weighted by Crippen LogP contribution is -2.22. The predicted octanol–water partition coefficient (Wildman–Crippen LogP) is 4.04. The fourth-order valence-electron chi connectivity index (χ4n) is 3.05. The Hall–Kier alpha value is -3.02. The van der Waals surface area contributed by atoms with E-state index < -0.39 is 4.92 Å². The molecule has 0 aromatic heterocycles. The van der Waals surface area contributed by atoms with E-state index in [0.29, 0.717) is 11.5 Å². The van der Waals surface area contributed by atoms with Crippen LogP contribution in [0.3, 0.4) is 0 Å². The fourth-order valence-corrected chi connectivity index (χ4v) is 3.05. The smallest absolute Gasteiger partial charge is 0.267 e. The lowest BCUT2D eigenvalue weighted by atomic mass is 9.83. The molecule has 0 heterocycles. The molecule has 3 rings (SSSR count). The van der Waals surface area contributed by atoms with Gasteiger partial charge in [0.1, 0.15) is 0 Å². The van der Waals surface area contributed by atoms with Gasteiger partial charge in [-0.25, -0.2) is 5.43 Å². The van der Waals surface area contributed by atoms with Crippen molar-refractivity contribution in [1.29, 1.82) is 0 Å². The first kappa shape index (κ1) is 16.8. The molecule has 0 unspecified atom stereocenters. The topological polar surface area (TPSA) is 84.6 Å². The molecule has 1 amide bonds. The normalized spacial score (nSPS) is 17.0. The quantitative estimate of drug-likeness (QED) is 0.675. The molecule has 0 aliphatic heterocycles. The zero-order valence-corrected chi connectivity index (χ0v) is 13.7. The van der Waals surface area contributed by atoms with Gasteiger partial charge >= 0.3 is 0 Å². The van der Waals surface area contributed by atoms with Gasteiger partial charge in [0.2, 0.25) is 0 Å². The molecule has 0 atom stereocenters. The minimum Gasteiger partial charge on any atom is -0.267 e. The molecule has 0 radical (unpaired) electrons. The summed E-state index contributed by atoms with van der Waals surface area (Å²) >= 11 is 0. The highest BCUT2D eigenvalue weighted by Crippen LogP contribution is 2.31. The van der Waals surface area contributed by atoms with Crippen LogP contribution in [0.1, 0.15) is 47.5 Å². The monoisotopic (exact) mass is 337 g/mol. The molecule has 25 heavy (non-hydrogen) atoms. The number of carbonyl (C=O) groups is 1. The van der Waals surface area contributed by atoms with E-state index in [1.807, 2.05) is 6.07 Å². The first-order valence-electron chi connectivity index (χ1n) is 8.28. The summed E-state index contributed by atoms with van der Waals surface area (Å²) in [5, 5.41) is 14.9. The number of amides is 1. The van der Waals surface area contributed by atoms with E-state index in [1.54, 1.807) is 0 Å². The number of non-ortho nitro benzene ring substituents is 1. The van der Waals surface area contributed by atoms with Crippen molar-refractivity contribution in [2.45, 2.75) is 31.6 Å². The summed E-state index contributed by atoms with van der Waals surface area (Å²) in [6.45, 7) is 0. The molecular weight excluding hydrogens is 318 g/mol. The van der Waals surface area contributed by atoms with E-state index in [4.69, 9.17) is 0 Å². The fraction of sp³-hybridized carbons (Fsp3) is 0.263. The van der Waals surface area contributed by atoms with Crippen LogP contribution in [-0.2, 0) is 0 Å². The van der Waals surface area contributed by atoms with Crippen molar-refractivity contribution in [3.05, 3.63) is 75.8 Å². The lowest BCUT2D eigenvalue weighted by Gasteiger charge is -2.23. The number of nitro benzene ring substituents is 1. The van der Waals surface area contributed by atoms with Crippen LogP contribution in [0.25, 0.3) is 0 Å². The average molecular weight is 337 g/mol. The molecule has 6 heteroatoms. The summed E-state index contributed by atoms with van der Waals surface area (Å²) in [7, 11) is 0. The number of benzene rings is 2. The zero-order chi connectivity index (χ0) is 17.6. The zero-order valence-electron chi connectivity index (χ0n) is 13.7. The van der Waals surface area contributed by atoms with Gasteiger partial charge < -0.3 is 0 Å². The first-order valence-corrected chi connectivity index (χ1v) is 8.28. The highest BCUT2D eigenvalue weighted by molar-refractivity contribution is 5.95. The molecule has 1 saturated carbocycles. The molecule has 1 aliphatic rings. The van der Waals surface area contributed by atoms with Crippen LogP contribution >= 0.6 is 0 Å². The molecule has 0 bridgehead atoms. The van der Waals surface area contributed by atoms with E-state index in [-0.39, 0.29) is 11.6 Å². The minimum absolute atomic E-state index is 0.0397. The maximum atomic E-state index is 12.1. The maximum Gasteiger partial charge on any atom is 0.271 e. The Bertz CT molecular complexity index is 775. The maximum absolute atomic E-state index is 12.1. The molecular formula is C19H19N3O3. The van der Waals surface area contributed by atoms with Crippen molar-refractivity contribution in [1.82, 2.24) is 5.43 Å². The van der Waals surface area contributed by atoms with E-state index in [9.17, 15) is 14.9 Å². The number of carbonyl (C=O) groups excluding carboxylic acids is 1. The molecule has 0 saturated heterocycles. The van der Waals surface area contributed by atoms with Crippen LogP contribution in [-0.4, -0.2) is 16.5 Å². The number of nitrogens with zero attached hydrogens (tertiary/aromatic N) is 2. The minimum atomic E-state index is -0.493. The van der Waals surface area contributed by atoms with E-state index in [1.165, 1.54) is 29.8 Å². The number of nitro groups is 1. The van der Waals surface area contributed by atoms with Gasteiger partial charge in [-0.1, -0.05) is 30.3 Å². The lowest BCUT2D eigenvalue weighted by molar-refractivity contribution is -0.384. The first-order chi connectivity index (χ1) is 12.1. The van der Waals surface area contributed by atoms with Crippen molar-refractivity contribution in [3.8, 4) is 0 Å². The van der Waals surface area contributed by atoms with Gasteiger partial charge in [-0.05, 0) is 49.3 Å².